The molecule has 0 saturated heterocycles. The third-order valence-corrected chi connectivity index (χ3v) is 2.71. The Balaban J connectivity index is 2.51. The van der Waals surface area contributed by atoms with Gasteiger partial charge in [-0.05, 0) is 29.4 Å². The topological polar surface area (TPSA) is 67.5 Å². The van der Waals surface area contributed by atoms with Gasteiger partial charge in [-0.25, -0.2) is 10.2 Å². The van der Waals surface area contributed by atoms with E-state index in [1.54, 1.807) is 6.21 Å². The van der Waals surface area contributed by atoms with Gasteiger partial charge in [0.25, 0.3) is 0 Å². The summed E-state index contributed by atoms with van der Waals surface area (Å²) >= 11 is 0. The minimum Gasteiger partial charge on any atom is -0.350 e. The number of nitrogens with two attached hydrogens (primary N) is 1. The number of rotatable bonds is 5. The lowest BCUT2D eigenvalue weighted by molar-refractivity contribution is 0.249. The number of urea groups is 1. The number of benzene rings is 1. The molecule has 1 aromatic carbocycles. The lowest BCUT2D eigenvalue weighted by Gasteiger charge is -2.09. The van der Waals surface area contributed by atoms with Crippen molar-refractivity contribution in [1.29, 1.82) is 0 Å². The van der Waals surface area contributed by atoms with Crippen LogP contribution in [0.25, 0.3) is 0 Å². The highest BCUT2D eigenvalue weighted by atomic mass is 16.2. The first-order valence-electron chi connectivity index (χ1n) is 6.16. The molecule has 98 valence electrons. The van der Waals surface area contributed by atoms with Gasteiger partial charge >= 0.3 is 6.03 Å². The molecular weight excluding hydrogens is 226 g/mol. The monoisotopic (exact) mass is 247 g/mol. The first-order chi connectivity index (χ1) is 8.49. The van der Waals surface area contributed by atoms with Crippen molar-refractivity contribution in [1.82, 2.24) is 5.43 Å². The molecule has 0 aliphatic rings. The van der Waals surface area contributed by atoms with Crippen LogP contribution in [0.1, 0.15) is 37.8 Å². The Morgan fingerprint density at radius 2 is 1.94 bits per heavy atom. The largest absolute Gasteiger partial charge is 0.350 e. The Kier molecular flexibility index (Phi) is 5.36. The van der Waals surface area contributed by atoms with Crippen LogP contribution >= 0.6 is 0 Å². The molecule has 0 radical (unpaired) electrons. The Morgan fingerprint density at radius 1 is 1.33 bits per heavy atom. The Hall–Kier alpha value is -1.84. The second kappa shape index (κ2) is 6.79. The molecule has 4 heteroatoms. The summed E-state index contributed by atoms with van der Waals surface area (Å²) in [4.78, 5) is 10.4. The van der Waals surface area contributed by atoms with Crippen LogP contribution < -0.4 is 11.2 Å². The summed E-state index contributed by atoms with van der Waals surface area (Å²) in [6, 6.07) is 7.96. The van der Waals surface area contributed by atoms with Crippen LogP contribution in [0.3, 0.4) is 0 Å². The molecule has 0 bridgehead atoms. The number of amides is 2. The molecule has 3 N–H and O–H groups in total. The molecule has 18 heavy (non-hydrogen) atoms. The minimum absolute atomic E-state index is 0.252. The van der Waals surface area contributed by atoms with Crippen LogP contribution in [0, 0.1) is 5.92 Å². The van der Waals surface area contributed by atoms with Crippen molar-refractivity contribution in [2.75, 3.05) is 0 Å². The molecule has 0 saturated carbocycles. The fourth-order valence-corrected chi connectivity index (χ4v) is 1.69. The lowest BCUT2D eigenvalue weighted by atomic mass is 9.97. The van der Waals surface area contributed by atoms with Gasteiger partial charge in [-0.15, -0.1) is 0 Å². The predicted molar refractivity (Wildman–Crippen MR) is 74.6 cm³/mol. The van der Waals surface area contributed by atoms with E-state index < -0.39 is 6.03 Å². The molecule has 1 aromatic rings. The van der Waals surface area contributed by atoms with Crippen LogP contribution in [0.2, 0.25) is 0 Å². The standard InChI is InChI=1S/C14H21N3O/c1-10(2)13-6-4-12(5-7-13)8-11(3)9-16-17-14(15)18/h4-7,9-11H,8H2,1-3H3,(H3,15,17,18)/t11-/m0/s1. The molecule has 2 amide bonds. The fraction of sp³-hybridized carbons (Fsp3) is 0.429. The van der Waals surface area contributed by atoms with Gasteiger partial charge in [0.15, 0.2) is 0 Å². The summed E-state index contributed by atoms with van der Waals surface area (Å²) < 4.78 is 0. The minimum atomic E-state index is -0.639. The third-order valence-electron chi connectivity index (χ3n) is 2.71. The second-order valence-corrected chi connectivity index (χ2v) is 4.83. The maximum absolute atomic E-state index is 10.4. The summed E-state index contributed by atoms with van der Waals surface area (Å²) in [6.45, 7) is 6.40. The van der Waals surface area contributed by atoms with E-state index in [9.17, 15) is 4.79 Å². The van der Waals surface area contributed by atoms with Crippen molar-refractivity contribution in [3.05, 3.63) is 35.4 Å². The number of hydrogen-bond acceptors (Lipinski definition) is 2. The maximum atomic E-state index is 10.4. The van der Waals surface area contributed by atoms with Gasteiger partial charge in [-0.3, -0.25) is 0 Å². The van der Waals surface area contributed by atoms with E-state index in [2.05, 4.69) is 48.6 Å². The average molecular weight is 247 g/mol. The fourth-order valence-electron chi connectivity index (χ4n) is 1.69. The summed E-state index contributed by atoms with van der Waals surface area (Å²) in [5.41, 5.74) is 9.71. The van der Waals surface area contributed by atoms with Gasteiger partial charge in [-0.2, -0.15) is 5.10 Å². The number of nitrogens with zero attached hydrogens (tertiary/aromatic N) is 1. The average Bonchev–Trinajstić information content (AvgIpc) is 2.29. The van der Waals surface area contributed by atoms with Gasteiger partial charge in [0, 0.05) is 6.21 Å². The zero-order valence-electron chi connectivity index (χ0n) is 11.2. The molecule has 0 fully saturated rings. The van der Waals surface area contributed by atoms with Crippen LogP contribution in [0.5, 0.6) is 0 Å². The van der Waals surface area contributed by atoms with E-state index in [1.807, 2.05) is 6.92 Å². The summed E-state index contributed by atoms with van der Waals surface area (Å²) in [5.74, 6) is 0.805. The Morgan fingerprint density at radius 3 is 2.44 bits per heavy atom. The number of primary amides is 1. The van der Waals surface area contributed by atoms with Crippen LogP contribution in [0.15, 0.2) is 29.4 Å². The third kappa shape index (κ3) is 4.99. The molecule has 4 nitrogen and oxygen atoms in total. The molecule has 0 unspecified atom stereocenters. The summed E-state index contributed by atoms with van der Waals surface area (Å²) in [5, 5.41) is 3.76. The quantitative estimate of drug-likeness (QED) is 0.609. The zero-order valence-corrected chi connectivity index (χ0v) is 11.2. The number of hydrogen-bond donors (Lipinski definition) is 2. The number of nitrogens with one attached hydrogen (secondary N) is 1. The van der Waals surface area contributed by atoms with E-state index >= 15 is 0 Å². The molecular formula is C14H21N3O. The van der Waals surface area contributed by atoms with Gasteiger partial charge in [0.2, 0.25) is 0 Å². The van der Waals surface area contributed by atoms with Gasteiger partial charge in [0.05, 0.1) is 0 Å². The van der Waals surface area contributed by atoms with E-state index in [0.717, 1.165) is 6.42 Å². The normalized spacial score (nSPS) is 12.9. The SMILES string of the molecule is CC(C)c1ccc(C[C@H](C)C=NNC(N)=O)cc1. The van der Waals surface area contributed by atoms with Crippen molar-refractivity contribution in [3.63, 3.8) is 0 Å². The van der Waals surface area contributed by atoms with Gasteiger partial charge < -0.3 is 5.73 Å². The number of carbonyl (C=O) groups is 1. The van der Waals surface area contributed by atoms with E-state index in [-0.39, 0.29) is 5.92 Å². The molecule has 0 aliphatic heterocycles. The molecule has 1 atom stereocenters. The first-order valence-corrected chi connectivity index (χ1v) is 6.16. The molecule has 0 heterocycles. The predicted octanol–water partition coefficient (Wildman–Crippen LogP) is 2.64. The summed E-state index contributed by atoms with van der Waals surface area (Å²) in [7, 11) is 0. The molecule has 0 aromatic heterocycles. The first kappa shape index (κ1) is 14.2. The van der Waals surface area contributed by atoms with Crippen molar-refractivity contribution in [3.8, 4) is 0 Å². The molecule has 0 spiro atoms. The van der Waals surface area contributed by atoms with Gasteiger partial charge in [-0.1, -0.05) is 45.0 Å². The van der Waals surface area contributed by atoms with Crippen molar-refractivity contribution in [2.45, 2.75) is 33.1 Å². The van der Waals surface area contributed by atoms with E-state index in [0.29, 0.717) is 5.92 Å². The highest BCUT2D eigenvalue weighted by Gasteiger charge is 2.03. The summed E-state index contributed by atoms with van der Waals surface area (Å²) in [6.07, 6.45) is 2.59. The van der Waals surface area contributed by atoms with E-state index in [1.165, 1.54) is 11.1 Å². The molecule has 0 aliphatic carbocycles. The van der Waals surface area contributed by atoms with E-state index in [4.69, 9.17) is 5.73 Å². The van der Waals surface area contributed by atoms with Crippen LogP contribution in [0.4, 0.5) is 4.79 Å². The van der Waals surface area contributed by atoms with Crippen LogP contribution in [-0.2, 0) is 6.42 Å². The van der Waals surface area contributed by atoms with Crippen molar-refractivity contribution < 1.29 is 4.79 Å². The highest BCUT2D eigenvalue weighted by molar-refractivity contribution is 5.73. The number of hydrazone groups is 1. The second-order valence-electron chi connectivity index (χ2n) is 4.83. The zero-order chi connectivity index (χ0) is 13.5. The lowest BCUT2D eigenvalue weighted by Crippen LogP contribution is -2.24. The highest BCUT2D eigenvalue weighted by Crippen LogP contribution is 2.16. The van der Waals surface area contributed by atoms with Crippen molar-refractivity contribution >= 4 is 12.2 Å². The maximum Gasteiger partial charge on any atom is 0.332 e. The number of carbonyl (C=O) groups excluding carboxylic acids is 1. The van der Waals surface area contributed by atoms with Crippen LogP contribution in [-0.4, -0.2) is 12.2 Å². The Bertz CT molecular complexity index is 410. The molecule has 1 rings (SSSR count). The Labute approximate surface area is 108 Å². The smallest absolute Gasteiger partial charge is 0.332 e. The van der Waals surface area contributed by atoms with Gasteiger partial charge in [0.1, 0.15) is 0 Å². The van der Waals surface area contributed by atoms with Crippen molar-refractivity contribution in [2.24, 2.45) is 16.8 Å².